The van der Waals surface area contributed by atoms with Crippen molar-refractivity contribution in [2.75, 3.05) is 7.11 Å². The van der Waals surface area contributed by atoms with Crippen LogP contribution in [0.3, 0.4) is 0 Å². The number of ketones is 1. The predicted octanol–water partition coefficient (Wildman–Crippen LogP) is 7.94. The van der Waals surface area contributed by atoms with Crippen LogP contribution in [0.1, 0.15) is 142 Å². The molecule has 0 N–H and O–H groups in total. The van der Waals surface area contributed by atoms with Crippen molar-refractivity contribution in [3.05, 3.63) is 0 Å². The van der Waals surface area contributed by atoms with E-state index in [1.807, 2.05) is 0 Å². The van der Waals surface area contributed by atoms with Gasteiger partial charge in [0, 0.05) is 19.3 Å². The van der Waals surface area contributed by atoms with Crippen molar-refractivity contribution in [2.45, 2.75) is 142 Å². The summed E-state index contributed by atoms with van der Waals surface area (Å²) in [6.07, 6.45) is 24.7. The minimum Gasteiger partial charge on any atom is -0.469 e. The molecule has 0 aromatic carbocycles. The smallest absolute Gasteiger partial charge is 0.305 e. The van der Waals surface area contributed by atoms with Gasteiger partial charge < -0.3 is 4.74 Å². The molecule has 0 amide bonds. The lowest BCUT2D eigenvalue weighted by atomic mass is 10.0. The first kappa shape index (κ1) is 27.1. The van der Waals surface area contributed by atoms with Crippen molar-refractivity contribution in [3.63, 3.8) is 0 Å². The highest BCUT2D eigenvalue weighted by Crippen LogP contribution is 2.14. The molecule has 0 aromatic heterocycles. The lowest BCUT2D eigenvalue weighted by Gasteiger charge is -2.04. The third kappa shape index (κ3) is 21.4. The highest BCUT2D eigenvalue weighted by Gasteiger charge is 2.02. The van der Waals surface area contributed by atoms with Gasteiger partial charge in [-0.05, 0) is 19.3 Å². The molecule has 0 aromatic rings. The average molecular weight is 397 g/mol. The van der Waals surface area contributed by atoms with Gasteiger partial charge in [-0.2, -0.15) is 0 Å². The van der Waals surface area contributed by atoms with E-state index in [1.165, 1.54) is 97.0 Å². The number of hydrogen-bond acceptors (Lipinski definition) is 3. The van der Waals surface area contributed by atoms with Gasteiger partial charge in [0.1, 0.15) is 5.78 Å². The summed E-state index contributed by atoms with van der Waals surface area (Å²) in [5, 5.41) is 0. The Bertz CT molecular complexity index is 352. The van der Waals surface area contributed by atoms with Crippen LogP contribution in [0.15, 0.2) is 0 Å². The van der Waals surface area contributed by atoms with Gasteiger partial charge in [-0.3, -0.25) is 9.59 Å². The molecule has 0 aliphatic carbocycles. The van der Waals surface area contributed by atoms with Crippen LogP contribution in [0.5, 0.6) is 0 Å². The van der Waals surface area contributed by atoms with Crippen LogP contribution < -0.4 is 0 Å². The van der Waals surface area contributed by atoms with E-state index in [0.29, 0.717) is 12.2 Å². The zero-order valence-corrected chi connectivity index (χ0v) is 19.1. The molecular weight excluding hydrogens is 348 g/mol. The van der Waals surface area contributed by atoms with E-state index in [0.717, 1.165) is 38.5 Å². The second-order valence-corrected chi connectivity index (χ2v) is 8.38. The summed E-state index contributed by atoms with van der Waals surface area (Å²) in [6.45, 7) is 2.26. The number of methoxy groups -OCH3 is 1. The molecular formula is C25H48O3. The maximum atomic E-state index is 11.9. The molecule has 0 unspecified atom stereocenters. The monoisotopic (exact) mass is 396 g/mol. The largest absolute Gasteiger partial charge is 0.469 e. The summed E-state index contributed by atoms with van der Waals surface area (Å²) >= 11 is 0. The molecule has 0 saturated carbocycles. The minimum atomic E-state index is -0.0904. The van der Waals surface area contributed by atoms with Crippen molar-refractivity contribution in [1.29, 1.82) is 0 Å². The summed E-state index contributed by atoms with van der Waals surface area (Å²) in [4.78, 5) is 22.9. The highest BCUT2D eigenvalue weighted by molar-refractivity contribution is 5.78. The Morgan fingerprint density at radius 2 is 0.821 bits per heavy atom. The predicted molar refractivity (Wildman–Crippen MR) is 120 cm³/mol. The maximum absolute atomic E-state index is 11.9. The highest BCUT2D eigenvalue weighted by atomic mass is 16.5. The van der Waals surface area contributed by atoms with Crippen LogP contribution in [0.4, 0.5) is 0 Å². The number of ether oxygens (including phenoxy) is 1. The van der Waals surface area contributed by atoms with Crippen molar-refractivity contribution in [3.8, 4) is 0 Å². The Balaban J connectivity index is 3.18. The molecule has 0 radical (unpaired) electrons. The molecule has 28 heavy (non-hydrogen) atoms. The first-order valence-corrected chi connectivity index (χ1v) is 12.3. The quantitative estimate of drug-likeness (QED) is 0.138. The number of rotatable bonds is 22. The van der Waals surface area contributed by atoms with E-state index in [4.69, 9.17) is 0 Å². The molecule has 0 heterocycles. The fourth-order valence-electron chi connectivity index (χ4n) is 3.69. The van der Waals surface area contributed by atoms with Crippen molar-refractivity contribution in [2.24, 2.45) is 0 Å². The molecule has 0 saturated heterocycles. The van der Waals surface area contributed by atoms with E-state index < -0.39 is 0 Å². The maximum Gasteiger partial charge on any atom is 0.305 e. The zero-order chi connectivity index (χ0) is 20.7. The second kappa shape index (κ2) is 22.4. The molecule has 0 rings (SSSR count). The Kier molecular flexibility index (Phi) is 21.7. The van der Waals surface area contributed by atoms with E-state index in [1.54, 1.807) is 0 Å². The third-order valence-electron chi connectivity index (χ3n) is 5.62. The summed E-state index contributed by atoms with van der Waals surface area (Å²) < 4.78 is 4.64. The lowest BCUT2D eigenvalue weighted by Crippen LogP contribution is -1.99. The van der Waals surface area contributed by atoms with Gasteiger partial charge in [-0.25, -0.2) is 0 Å². The van der Waals surface area contributed by atoms with Crippen LogP contribution in [0.2, 0.25) is 0 Å². The fraction of sp³-hybridized carbons (Fsp3) is 0.920. The van der Waals surface area contributed by atoms with Crippen LogP contribution in [0, 0.1) is 0 Å². The number of carbonyl (C=O) groups is 2. The summed E-state index contributed by atoms with van der Waals surface area (Å²) in [5.41, 5.74) is 0. The standard InChI is InChI=1S/C25H48O3/c1-3-4-5-6-7-9-12-15-18-21-24(26)22-19-16-13-10-8-11-14-17-20-23-25(27)28-2/h3-23H2,1-2H3. The Morgan fingerprint density at radius 1 is 0.500 bits per heavy atom. The molecule has 0 fully saturated rings. The van der Waals surface area contributed by atoms with Gasteiger partial charge in [-0.1, -0.05) is 103 Å². The summed E-state index contributed by atoms with van der Waals surface area (Å²) in [5.74, 6) is 0.390. The van der Waals surface area contributed by atoms with Crippen LogP contribution in [0.25, 0.3) is 0 Å². The molecule has 0 spiro atoms. The van der Waals surface area contributed by atoms with Gasteiger partial charge in [0.2, 0.25) is 0 Å². The van der Waals surface area contributed by atoms with Crippen molar-refractivity contribution in [1.82, 2.24) is 0 Å². The van der Waals surface area contributed by atoms with E-state index in [2.05, 4.69) is 11.7 Å². The number of hydrogen-bond donors (Lipinski definition) is 0. The SMILES string of the molecule is CCCCCCCCCCCC(=O)CCCCCCCCCCCC(=O)OC. The average Bonchev–Trinajstić information content (AvgIpc) is 2.70. The molecule has 166 valence electrons. The third-order valence-corrected chi connectivity index (χ3v) is 5.62. The van der Waals surface area contributed by atoms with E-state index in [9.17, 15) is 9.59 Å². The number of esters is 1. The number of Topliss-reactive ketones (excluding diaryl/α,β-unsaturated/α-hetero) is 1. The van der Waals surface area contributed by atoms with Crippen LogP contribution >= 0.6 is 0 Å². The second-order valence-electron chi connectivity index (χ2n) is 8.38. The summed E-state index contributed by atoms with van der Waals surface area (Å²) in [7, 11) is 1.45. The number of unbranched alkanes of at least 4 members (excludes halogenated alkanes) is 16. The fourth-order valence-corrected chi connectivity index (χ4v) is 3.69. The van der Waals surface area contributed by atoms with Gasteiger partial charge in [0.15, 0.2) is 0 Å². The topological polar surface area (TPSA) is 43.4 Å². The van der Waals surface area contributed by atoms with Gasteiger partial charge in [-0.15, -0.1) is 0 Å². The zero-order valence-electron chi connectivity index (χ0n) is 19.1. The molecule has 0 bridgehead atoms. The molecule has 0 aliphatic heterocycles. The van der Waals surface area contributed by atoms with Crippen molar-refractivity contribution < 1.29 is 14.3 Å². The van der Waals surface area contributed by atoms with Gasteiger partial charge in [0.05, 0.1) is 7.11 Å². The first-order valence-electron chi connectivity index (χ1n) is 12.3. The molecule has 3 nitrogen and oxygen atoms in total. The lowest BCUT2D eigenvalue weighted by molar-refractivity contribution is -0.140. The molecule has 0 atom stereocenters. The molecule has 3 heteroatoms. The van der Waals surface area contributed by atoms with E-state index in [-0.39, 0.29) is 5.97 Å². The van der Waals surface area contributed by atoms with Crippen LogP contribution in [-0.4, -0.2) is 18.9 Å². The Labute approximate surface area is 175 Å². The Hall–Kier alpha value is -0.860. The van der Waals surface area contributed by atoms with Crippen molar-refractivity contribution >= 4 is 11.8 Å². The minimum absolute atomic E-state index is 0.0904. The first-order chi connectivity index (χ1) is 13.7. The van der Waals surface area contributed by atoms with Gasteiger partial charge in [0.25, 0.3) is 0 Å². The van der Waals surface area contributed by atoms with Crippen LogP contribution in [-0.2, 0) is 14.3 Å². The van der Waals surface area contributed by atoms with E-state index >= 15 is 0 Å². The normalized spacial score (nSPS) is 10.9. The van der Waals surface area contributed by atoms with Gasteiger partial charge >= 0.3 is 5.97 Å². The Morgan fingerprint density at radius 3 is 1.18 bits per heavy atom. The molecule has 0 aliphatic rings. The number of carbonyl (C=O) groups excluding carboxylic acids is 2. The summed E-state index contributed by atoms with van der Waals surface area (Å²) in [6, 6.07) is 0.